The van der Waals surface area contributed by atoms with Crippen molar-refractivity contribution in [3.05, 3.63) is 0 Å². The van der Waals surface area contributed by atoms with Crippen molar-refractivity contribution in [1.29, 1.82) is 0 Å². The van der Waals surface area contributed by atoms with Crippen LogP contribution in [0.4, 0.5) is 0 Å². The lowest BCUT2D eigenvalue weighted by atomic mass is 9.75. The second-order valence-corrected chi connectivity index (χ2v) is 28.1. The quantitative estimate of drug-likeness (QED) is 0.262. The van der Waals surface area contributed by atoms with Gasteiger partial charge in [0.05, 0.1) is 66.5 Å². The van der Waals surface area contributed by atoms with Crippen LogP contribution >= 0.6 is 0 Å². The van der Waals surface area contributed by atoms with Gasteiger partial charge in [-0.25, -0.2) is 0 Å². The molecule has 0 rings (SSSR count). The maximum atomic E-state index is 2.38. The van der Waals surface area contributed by atoms with Crippen LogP contribution in [0.2, 0.25) is 0 Å². The summed E-state index contributed by atoms with van der Waals surface area (Å²) in [5, 5.41) is 0. The zero-order valence-corrected chi connectivity index (χ0v) is 49.2. The maximum absolute atomic E-state index is 2.38. The average Bonchev–Trinajstić information content (AvgIpc) is 2.52. The predicted molar refractivity (Wildman–Crippen MR) is 238 cm³/mol. The van der Waals surface area contributed by atoms with E-state index in [0.29, 0.717) is 0 Å². The second kappa shape index (κ2) is 18.5. The van der Waals surface area contributed by atoms with Crippen molar-refractivity contribution in [2.45, 2.75) is 316 Å². The molecule has 0 N–H and O–H groups in total. The van der Waals surface area contributed by atoms with Crippen molar-refractivity contribution in [3.8, 4) is 0 Å². The summed E-state index contributed by atoms with van der Waals surface area (Å²) in [7, 11) is 0. The van der Waals surface area contributed by atoms with Gasteiger partial charge in [-0.3, -0.25) is 0 Å². The molecular weight excluding hydrogens is 858 g/mol. The fourth-order valence-electron chi connectivity index (χ4n) is 18.1. The molecule has 0 fully saturated rings. The van der Waals surface area contributed by atoms with Crippen LogP contribution in [0.3, 0.4) is 0 Å². The summed E-state index contributed by atoms with van der Waals surface area (Å²) in [6, 6.07) is 0. The molecular formula is C48H108Br3N3. The van der Waals surface area contributed by atoms with Crippen molar-refractivity contribution >= 4 is 0 Å². The van der Waals surface area contributed by atoms with Gasteiger partial charge in [0.25, 0.3) is 0 Å². The van der Waals surface area contributed by atoms with Crippen molar-refractivity contribution in [1.82, 2.24) is 0 Å². The van der Waals surface area contributed by atoms with Crippen LogP contribution in [0.1, 0.15) is 249 Å². The van der Waals surface area contributed by atoms with Crippen LogP contribution in [0, 0.1) is 0 Å². The minimum absolute atomic E-state index is 0. The van der Waals surface area contributed by atoms with E-state index in [1.807, 2.05) is 0 Å². The first-order chi connectivity index (χ1) is 21.0. The molecule has 0 heterocycles. The summed E-state index contributed by atoms with van der Waals surface area (Å²) in [4.78, 5) is 0. The van der Waals surface area contributed by atoms with E-state index in [4.69, 9.17) is 0 Å². The molecule has 0 aromatic heterocycles. The maximum Gasteiger partial charge on any atom is 0.0918 e. The third-order valence-electron chi connectivity index (χ3n) is 12.1. The lowest BCUT2D eigenvalue weighted by molar-refractivity contribution is -1.08. The van der Waals surface area contributed by atoms with Gasteiger partial charge in [0.15, 0.2) is 0 Å². The van der Waals surface area contributed by atoms with Crippen molar-refractivity contribution in [2.24, 2.45) is 0 Å². The first-order valence-corrected chi connectivity index (χ1v) is 20.7. The van der Waals surface area contributed by atoms with E-state index >= 15 is 0 Å². The van der Waals surface area contributed by atoms with Gasteiger partial charge in [-0.1, -0.05) is 0 Å². The highest BCUT2D eigenvalue weighted by Gasteiger charge is 2.64. The molecule has 0 aliphatic heterocycles. The van der Waals surface area contributed by atoms with E-state index in [1.54, 1.807) is 0 Å². The number of hydrogen-bond donors (Lipinski definition) is 0. The largest absolute Gasteiger partial charge is 1.00 e. The van der Waals surface area contributed by atoms with Crippen molar-refractivity contribution in [2.75, 3.05) is 0 Å². The fraction of sp³-hybridized carbons (Fsp3) is 1.00. The van der Waals surface area contributed by atoms with Gasteiger partial charge in [0, 0.05) is 0 Å². The number of nitrogens with zero attached hydrogens (tertiary/aromatic N) is 3. The van der Waals surface area contributed by atoms with Crippen LogP contribution in [0.5, 0.6) is 0 Å². The predicted octanol–water partition coefficient (Wildman–Crippen LogP) is 6.00. The zero-order chi connectivity index (χ0) is 43.5. The molecule has 0 radical (unpaired) electrons. The van der Waals surface area contributed by atoms with Crippen LogP contribution in [-0.2, 0) is 0 Å². The minimum atomic E-state index is 0. The SMILES string of the molecule is CC(C)(C)[N+](C(C)(C)C)(C(C)(C)C)C(C)(C)C.CC(C)(C)[N+](C(C)(C)C)(C(C)(C)C)C(C)(C)C.CC(C)(C)[N+](C(C)(C)C)(C(C)(C)C)C(C)(C)C.[Br-].[Br-].[Br-]. The highest BCUT2D eigenvalue weighted by molar-refractivity contribution is 4.91. The Balaban J connectivity index is -0.000000156. The van der Waals surface area contributed by atoms with E-state index in [-0.39, 0.29) is 117 Å². The molecule has 0 aromatic rings. The molecule has 0 aliphatic carbocycles. The highest BCUT2D eigenvalue weighted by Crippen LogP contribution is 2.53. The first-order valence-electron chi connectivity index (χ1n) is 20.7. The van der Waals surface area contributed by atoms with Crippen LogP contribution in [-0.4, -0.2) is 79.9 Å². The summed E-state index contributed by atoms with van der Waals surface area (Å²) in [5.41, 5.74) is 2.44. The molecule has 3 nitrogen and oxygen atoms in total. The Morgan fingerprint density at radius 2 is 0.167 bits per heavy atom. The van der Waals surface area contributed by atoms with Crippen molar-refractivity contribution in [3.63, 3.8) is 0 Å². The Morgan fingerprint density at radius 1 is 0.130 bits per heavy atom. The van der Waals surface area contributed by atoms with Gasteiger partial charge in [0.1, 0.15) is 0 Å². The van der Waals surface area contributed by atoms with Gasteiger partial charge >= 0.3 is 0 Å². The molecule has 0 spiro atoms. The summed E-state index contributed by atoms with van der Waals surface area (Å²) >= 11 is 0. The number of halogens is 3. The average molecular weight is 967 g/mol. The molecule has 0 aliphatic rings. The Hall–Kier alpha value is 1.32. The lowest BCUT2D eigenvalue weighted by Crippen LogP contribution is -3.00. The molecule has 0 aromatic carbocycles. The first kappa shape index (κ1) is 67.1. The topological polar surface area (TPSA) is 0 Å². The Kier molecular flexibility index (Phi) is 23.0. The molecule has 0 saturated carbocycles. The number of hydrogen-bond acceptors (Lipinski definition) is 0. The van der Waals surface area contributed by atoms with Crippen LogP contribution in [0.25, 0.3) is 0 Å². The van der Waals surface area contributed by atoms with Gasteiger partial charge in [-0.05, 0) is 249 Å². The summed E-state index contributed by atoms with van der Waals surface area (Å²) in [6.07, 6.45) is 0. The van der Waals surface area contributed by atoms with E-state index in [1.165, 1.54) is 0 Å². The Labute approximate surface area is 377 Å². The van der Waals surface area contributed by atoms with Crippen LogP contribution in [0.15, 0.2) is 0 Å². The molecule has 0 saturated heterocycles. The molecule has 0 bridgehead atoms. The zero-order valence-electron chi connectivity index (χ0n) is 44.5. The number of rotatable bonds is 0. The molecule has 0 amide bonds. The van der Waals surface area contributed by atoms with Crippen molar-refractivity contribution < 1.29 is 64.4 Å². The summed E-state index contributed by atoms with van der Waals surface area (Å²) in [5.74, 6) is 0. The van der Waals surface area contributed by atoms with Gasteiger partial charge in [-0.2, -0.15) is 0 Å². The highest BCUT2D eigenvalue weighted by atomic mass is 79.9. The molecule has 6 heteroatoms. The monoisotopic (exact) mass is 964 g/mol. The molecule has 0 atom stereocenters. The molecule has 336 valence electrons. The van der Waals surface area contributed by atoms with E-state index in [9.17, 15) is 0 Å². The second-order valence-electron chi connectivity index (χ2n) is 28.1. The number of quaternary nitrogens is 3. The normalized spacial score (nSPS) is 15.3. The standard InChI is InChI=1S/3C16H36N.3BrH/c3*1-13(2,3)17(14(4,5)6,15(7,8)9)16(10,11)12;;;/h3*1-12H3;3*1H/q3*+1;;;/p-3. The molecule has 0 unspecified atom stereocenters. The van der Waals surface area contributed by atoms with E-state index in [0.717, 1.165) is 13.4 Å². The lowest BCUT2D eigenvalue weighted by Gasteiger charge is -2.70. The third kappa shape index (κ3) is 12.2. The molecule has 54 heavy (non-hydrogen) atoms. The van der Waals surface area contributed by atoms with Gasteiger partial charge < -0.3 is 64.4 Å². The minimum Gasteiger partial charge on any atom is -1.00 e. The van der Waals surface area contributed by atoms with Gasteiger partial charge in [0.2, 0.25) is 0 Å². The summed E-state index contributed by atoms with van der Waals surface area (Å²) in [6.45, 7) is 85.8. The fourth-order valence-corrected chi connectivity index (χ4v) is 18.1. The smallest absolute Gasteiger partial charge is 0.0918 e. The van der Waals surface area contributed by atoms with E-state index < -0.39 is 0 Å². The van der Waals surface area contributed by atoms with Crippen LogP contribution < -0.4 is 50.9 Å². The Bertz CT molecular complexity index is 754. The third-order valence-corrected chi connectivity index (χ3v) is 12.1. The summed E-state index contributed by atoms with van der Waals surface area (Å²) < 4.78 is 3.25. The van der Waals surface area contributed by atoms with Gasteiger partial charge in [-0.15, -0.1) is 0 Å². The Morgan fingerprint density at radius 3 is 0.167 bits per heavy atom. The van der Waals surface area contributed by atoms with E-state index in [2.05, 4.69) is 249 Å².